The van der Waals surface area contributed by atoms with Crippen molar-refractivity contribution in [1.29, 1.82) is 0 Å². The lowest BCUT2D eigenvalue weighted by Gasteiger charge is -2.21. The van der Waals surface area contributed by atoms with Crippen LogP contribution in [0.3, 0.4) is 0 Å². The number of imide groups is 1. The van der Waals surface area contributed by atoms with Crippen LogP contribution in [0.25, 0.3) is 0 Å². The van der Waals surface area contributed by atoms with E-state index in [0.717, 1.165) is 5.56 Å². The number of para-hydroxylation sites is 1. The van der Waals surface area contributed by atoms with Crippen molar-refractivity contribution in [3.63, 3.8) is 0 Å². The molecule has 7 nitrogen and oxygen atoms in total. The molecule has 0 aromatic heterocycles. The van der Waals surface area contributed by atoms with Crippen LogP contribution < -0.4 is 21.1 Å². The van der Waals surface area contributed by atoms with E-state index in [1.54, 1.807) is 12.1 Å². The maximum Gasteiger partial charge on any atom is 0.258 e. The van der Waals surface area contributed by atoms with Crippen molar-refractivity contribution in [3.05, 3.63) is 29.8 Å². The Morgan fingerprint density at radius 3 is 2.86 bits per heavy atom. The van der Waals surface area contributed by atoms with Gasteiger partial charge in [0.1, 0.15) is 11.8 Å². The van der Waals surface area contributed by atoms with Crippen LogP contribution in [0, 0.1) is 0 Å². The first-order valence-corrected chi connectivity index (χ1v) is 6.64. The van der Waals surface area contributed by atoms with Gasteiger partial charge in [-0.3, -0.25) is 19.7 Å². The molecule has 0 aliphatic carbocycles. The molecule has 21 heavy (non-hydrogen) atoms. The minimum Gasteiger partial charge on any atom is -0.483 e. The molecule has 1 heterocycles. The maximum absolute atomic E-state index is 11.8. The summed E-state index contributed by atoms with van der Waals surface area (Å²) in [6, 6.07) is 6.46. The highest BCUT2D eigenvalue weighted by Gasteiger charge is 2.27. The number of nitrogens with one attached hydrogen (secondary N) is 2. The number of hydrogen-bond acceptors (Lipinski definition) is 5. The minimum absolute atomic E-state index is 0.214. The lowest BCUT2D eigenvalue weighted by molar-refractivity contribution is -0.137. The summed E-state index contributed by atoms with van der Waals surface area (Å²) in [5.74, 6) is -0.685. The molecule has 3 amide bonds. The first-order chi connectivity index (χ1) is 10.1. The number of piperidine rings is 1. The van der Waals surface area contributed by atoms with Gasteiger partial charge in [0.05, 0.1) is 0 Å². The molecule has 1 aromatic carbocycles. The monoisotopic (exact) mass is 291 g/mol. The highest BCUT2D eigenvalue weighted by Crippen LogP contribution is 2.16. The number of carbonyl (C=O) groups excluding carboxylic acids is 3. The zero-order valence-corrected chi connectivity index (χ0v) is 11.4. The van der Waals surface area contributed by atoms with E-state index < -0.39 is 17.9 Å². The summed E-state index contributed by atoms with van der Waals surface area (Å²) in [4.78, 5) is 34.3. The number of nitrogens with two attached hydrogens (primary N) is 1. The van der Waals surface area contributed by atoms with E-state index in [9.17, 15) is 14.4 Å². The Hall–Kier alpha value is -2.41. The molecule has 1 aliphatic rings. The zero-order valence-electron chi connectivity index (χ0n) is 11.4. The van der Waals surface area contributed by atoms with Crippen LogP contribution in [-0.2, 0) is 20.9 Å². The van der Waals surface area contributed by atoms with Crippen LogP contribution in [0.1, 0.15) is 18.4 Å². The summed E-state index contributed by atoms with van der Waals surface area (Å²) in [7, 11) is 0. The van der Waals surface area contributed by atoms with Gasteiger partial charge in [-0.2, -0.15) is 0 Å². The average Bonchev–Trinajstić information content (AvgIpc) is 2.48. The second kappa shape index (κ2) is 6.85. The van der Waals surface area contributed by atoms with Gasteiger partial charge < -0.3 is 15.8 Å². The fourth-order valence-corrected chi connectivity index (χ4v) is 2.02. The van der Waals surface area contributed by atoms with E-state index in [0.29, 0.717) is 18.7 Å². The Kier molecular flexibility index (Phi) is 4.89. The van der Waals surface area contributed by atoms with Crippen molar-refractivity contribution in [2.45, 2.75) is 25.4 Å². The van der Waals surface area contributed by atoms with Gasteiger partial charge in [0.2, 0.25) is 11.8 Å². The van der Waals surface area contributed by atoms with Crippen LogP contribution in [0.5, 0.6) is 5.75 Å². The van der Waals surface area contributed by atoms with Crippen molar-refractivity contribution in [1.82, 2.24) is 10.6 Å². The molecule has 1 aliphatic heterocycles. The third-order valence-electron chi connectivity index (χ3n) is 3.13. The van der Waals surface area contributed by atoms with Gasteiger partial charge in [-0.25, -0.2) is 0 Å². The maximum atomic E-state index is 11.8. The van der Waals surface area contributed by atoms with Crippen LogP contribution in [0.15, 0.2) is 24.3 Å². The van der Waals surface area contributed by atoms with Crippen molar-refractivity contribution in [3.8, 4) is 5.75 Å². The van der Waals surface area contributed by atoms with Gasteiger partial charge >= 0.3 is 0 Å². The van der Waals surface area contributed by atoms with Crippen molar-refractivity contribution < 1.29 is 19.1 Å². The Balaban J connectivity index is 1.85. The number of ether oxygens (including phenoxy) is 1. The highest BCUT2D eigenvalue weighted by atomic mass is 16.5. The topological polar surface area (TPSA) is 111 Å². The molecule has 0 saturated carbocycles. The molecule has 4 N–H and O–H groups in total. The molecule has 7 heteroatoms. The average molecular weight is 291 g/mol. The predicted octanol–water partition coefficient (Wildman–Crippen LogP) is -0.555. The molecule has 1 saturated heterocycles. The predicted molar refractivity (Wildman–Crippen MR) is 74.1 cm³/mol. The SMILES string of the molecule is NCc1ccccc1OCC(=O)NC1CCC(=O)NC1=O. The Morgan fingerprint density at radius 2 is 2.14 bits per heavy atom. The first-order valence-electron chi connectivity index (χ1n) is 6.64. The van der Waals surface area contributed by atoms with E-state index in [2.05, 4.69) is 10.6 Å². The second-order valence-corrected chi connectivity index (χ2v) is 4.67. The smallest absolute Gasteiger partial charge is 0.258 e. The Bertz CT molecular complexity index is 559. The molecule has 0 bridgehead atoms. The molecule has 1 aromatic rings. The summed E-state index contributed by atoms with van der Waals surface area (Å²) in [5.41, 5.74) is 6.37. The van der Waals surface area contributed by atoms with Gasteiger partial charge in [-0.15, -0.1) is 0 Å². The molecule has 112 valence electrons. The van der Waals surface area contributed by atoms with Crippen molar-refractivity contribution >= 4 is 17.7 Å². The van der Waals surface area contributed by atoms with E-state index in [-0.39, 0.29) is 18.9 Å². The third-order valence-corrected chi connectivity index (χ3v) is 3.13. The number of benzene rings is 1. The molecule has 2 rings (SSSR count). The molecule has 1 atom stereocenters. The van der Waals surface area contributed by atoms with E-state index >= 15 is 0 Å². The fourth-order valence-electron chi connectivity index (χ4n) is 2.02. The zero-order chi connectivity index (χ0) is 15.2. The number of hydrogen-bond donors (Lipinski definition) is 3. The largest absolute Gasteiger partial charge is 0.483 e. The van der Waals surface area contributed by atoms with Crippen molar-refractivity contribution in [2.24, 2.45) is 5.73 Å². The van der Waals surface area contributed by atoms with Gasteiger partial charge in [-0.05, 0) is 12.5 Å². The standard InChI is InChI=1S/C14H17N3O4/c15-7-9-3-1-2-4-11(9)21-8-13(19)16-10-5-6-12(18)17-14(10)20/h1-4,10H,5-8,15H2,(H,16,19)(H,17,18,20). The molecule has 0 spiro atoms. The Morgan fingerprint density at radius 1 is 1.38 bits per heavy atom. The summed E-state index contributed by atoms with van der Waals surface area (Å²) in [6.45, 7) is 0.0969. The Labute approximate surface area is 121 Å². The number of amides is 3. The molecular formula is C14H17N3O4. The summed E-state index contributed by atoms with van der Waals surface area (Å²) in [6.07, 6.45) is 0.517. The van der Waals surface area contributed by atoms with E-state index in [4.69, 9.17) is 10.5 Å². The lowest BCUT2D eigenvalue weighted by atomic mass is 10.1. The van der Waals surface area contributed by atoms with Crippen molar-refractivity contribution in [2.75, 3.05) is 6.61 Å². The van der Waals surface area contributed by atoms with Gasteiger partial charge in [-0.1, -0.05) is 18.2 Å². The molecular weight excluding hydrogens is 274 g/mol. The summed E-state index contributed by atoms with van der Waals surface area (Å²) < 4.78 is 5.40. The van der Waals surface area contributed by atoms with Gasteiger partial charge in [0, 0.05) is 18.5 Å². The summed E-state index contributed by atoms with van der Waals surface area (Å²) >= 11 is 0. The third kappa shape index (κ3) is 4.03. The van der Waals surface area contributed by atoms with Gasteiger partial charge in [0.15, 0.2) is 6.61 Å². The highest BCUT2D eigenvalue weighted by molar-refractivity contribution is 6.01. The first kappa shape index (κ1) is 15.0. The van der Waals surface area contributed by atoms with Crippen LogP contribution in [0.4, 0.5) is 0 Å². The van der Waals surface area contributed by atoms with Gasteiger partial charge in [0.25, 0.3) is 5.91 Å². The molecule has 1 unspecified atom stereocenters. The van der Waals surface area contributed by atoms with Crippen LogP contribution in [-0.4, -0.2) is 30.4 Å². The molecule has 1 fully saturated rings. The van der Waals surface area contributed by atoms with Crippen LogP contribution >= 0.6 is 0 Å². The van der Waals surface area contributed by atoms with E-state index in [1.165, 1.54) is 0 Å². The lowest BCUT2D eigenvalue weighted by Crippen LogP contribution is -2.53. The quantitative estimate of drug-likeness (QED) is 0.630. The van der Waals surface area contributed by atoms with E-state index in [1.807, 2.05) is 12.1 Å². The fraction of sp³-hybridized carbons (Fsp3) is 0.357. The number of carbonyl (C=O) groups is 3. The minimum atomic E-state index is -0.691. The second-order valence-electron chi connectivity index (χ2n) is 4.67. The number of rotatable bonds is 5. The summed E-state index contributed by atoms with van der Waals surface area (Å²) in [5, 5.41) is 4.71. The molecule has 0 radical (unpaired) electrons. The van der Waals surface area contributed by atoms with Crippen LogP contribution in [0.2, 0.25) is 0 Å². The normalized spacial score (nSPS) is 18.0.